The van der Waals surface area contributed by atoms with Gasteiger partial charge in [0.2, 0.25) is 5.91 Å². The smallest absolute Gasteiger partial charge is 0.340 e. The lowest BCUT2D eigenvalue weighted by atomic mass is 10.0. The normalized spacial score (nSPS) is 28.9. The Labute approximate surface area is 285 Å². The van der Waals surface area contributed by atoms with Crippen LogP contribution in [0.1, 0.15) is 71.1 Å². The molecule has 0 saturated carbocycles. The summed E-state index contributed by atoms with van der Waals surface area (Å²) in [5.41, 5.74) is 5.81. The number of nitrogens with two attached hydrogens (primary N) is 1. The molecule has 0 aromatic heterocycles. The number of aliphatic carboxylic acids is 2. The highest BCUT2D eigenvalue weighted by molar-refractivity contribution is 8.25. The summed E-state index contributed by atoms with van der Waals surface area (Å²) in [5.74, 6) is -1.29. The summed E-state index contributed by atoms with van der Waals surface area (Å²) in [6.07, 6.45) is 4.47. The van der Waals surface area contributed by atoms with Gasteiger partial charge in [-0.05, 0) is 38.5 Å². The number of carbonyl (C=O) groups excluding carboxylic acids is 4. The summed E-state index contributed by atoms with van der Waals surface area (Å²) in [4.78, 5) is 71.5. The Bertz CT molecular complexity index is 1170. The number of unbranched alkanes of at least 4 members (excludes halogenated alkanes) is 2. The van der Waals surface area contributed by atoms with Crippen molar-refractivity contribution >= 4 is 82.1 Å². The average molecular weight is 721 g/mol. The molecule has 4 heterocycles. The first-order valence-electron chi connectivity index (χ1n) is 15.7. The monoisotopic (exact) mass is 720 g/mol. The van der Waals surface area contributed by atoms with Crippen molar-refractivity contribution in [2.75, 3.05) is 11.5 Å². The average Bonchev–Trinajstić information content (AvgIpc) is 3.74. The van der Waals surface area contributed by atoms with Crippen molar-refractivity contribution in [3.8, 4) is 0 Å². The Morgan fingerprint density at radius 2 is 1.46 bits per heavy atom. The lowest BCUT2D eigenvalue weighted by molar-refractivity contribution is -0.143. The van der Waals surface area contributed by atoms with Gasteiger partial charge in [-0.2, -0.15) is 23.5 Å². The largest absolute Gasteiger partial charge is 0.480 e. The molecule has 46 heavy (non-hydrogen) atoms. The molecule has 0 aliphatic carbocycles. The summed E-state index contributed by atoms with van der Waals surface area (Å²) in [7, 11) is 0. The maximum Gasteiger partial charge on any atom is 0.340 e. The molecule has 0 aromatic rings. The first kappa shape index (κ1) is 36.8. The Balaban J connectivity index is 1.25. The first-order chi connectivity index (χ1) is 21.9. The summed E-state index contributed by atoms with van der Waals surface area (Å²) in [6, 6.07) is -1.21. The molecule has 4 rings (SSSR count). The second-order valence-corrected chi connectivity index (χ2v) is 17.6. The van der Waals surface area contributed by atoms with E-state index in [1.54, 1.807) is 30.4 Å². The SMILES string of the molecule is CCC(NC(=O)CCCCC1SC[C@@H]2NC(=O)N[C@H]12)(SC(C[C@H](N)C(=O)O)SC(=O)CCCC[C@@H]1SC[C@@H]2NC(=O)N[C@@H]21)C(=O)O. The molecule has 4 aliphatic heterocycles. The van der Waals surface area contributed by atoms with Crippen molar-refractivity contribution in [1.82, 2.24) is 26.6 Å². The Morgan fingerprint density at radius 3 is 1.96 bits per heavy atom. The molecule has 0 radical (unpaired) electrons. The fraction of sp³-hybridized carbons (Fsp3) is 0.786. The fourth-order valence-corrected chi connectivity index (χ4v) is 12.3. The van der Waals surface area contributed by atoms with Crippen molar-refractivity contribution in [2.24, 2.45) is 5.73 Å². The van der Waals surface area contributed by atoms with Gasteiger partial charge in [0.1, 0.15) is 6.04 Å². The molecule has 4 fully saturated rings. The Morgan fingerprint density at radius 1 is 0.913 bits per heavy atom. The molecule has 9 N–H and O–H groups in total. The molecule has 0 bridgehead atoms. The molecule has 9 atom stereocenters. The minimum absolute atomic E-state index is 0.00733. The third-order valence-corrected chi connectivity index (χ3v) is 14.6. The molecular weight excluding hydrogens is 677 g/mol. The highest BCUT2D eigenvalue weighted by Gasteiger charge is 2.45. The third kappa shape index (κ3) is 9.76. The van der Waals surface area contributed by atoms with E-state index in [1.807, 2.05) is 0 Å². The Hall–Kier alpha value is -2.02. The van der Waals surface area contributed by atoms with Gasteiger partial charge in [-0.3, -0.25) is 14.4 Å². The van der Waals surface area contributed by atoms with E-state index in [9.17, 15) is 39.0 Å². The second-order valence-electron chi connectivity index (χ2n) is 12.0. The van der Waals surface area contributed by atoms with Gasteiger partial charge in [0.15, 0.2) is 9.99 Å². The number of carbonyl (C=O) groups is 6. The predicted octanol–water partition coefficient (Wildman–Crippen LogP) is 1.87. The number of carboxylic acid groups (broad SMARTS) is 2. The van der Waals surface area contributed by atoms with Crippen LogP contribution < -0.4 is 32.3 Å². The fourth-order valence-electron chi connectivity index (χ4n) is 6.13. The molecule has 14 nitrogen and oxygen atoms in total. The van der Waals surface area contributed by atoms with Crippen molar-refractivity contribution in [2.45, 2.75) is 121 Å². The second kappa shape index (κ2) is 16.9. The van der Waals surface area contributed by atoms with Crippen LogP contribution in [0.5, 0.6) is 0 Å². The number of hydrogen-bond acceptors (Lipinski definition) is 11. The predicted molar refractivity (Wildman–Crippen MR) is 181 cm³/mol. The minimum Gasteiger partial charge on any atom is -0.480 e. The van der Waals surface area contributed by atoms with Gasteiger partial charge in [0.25, 0.3) is 0 Å². The number of fused-ring (bicyclic) bond motifs is 2. The van der Waals surface area contributed by atoms with Crippen LogP contribution in [0.15, 0.2) is 0 Å². The number of amides is 5. The summed E-state index contributed by atoms with van der Waals surface area (Å²) in [5, 5.41) is 34.4. The van der Waals surface area contributed by atoms with Crippen molar-refractivity contribution in [1.29, 1.82) is 0 Å². The highest BCUT2D eigenvalue weighted by atomic mass is 32.2. The summed E-state index contributed by atoms with van der Waals surface area (Å²) < 4.78 is -0.816. The van der Waals surface area contributed by atoms with E-state index in [4.69, 9.17) is 5.73 Å². The van der Waals surface area contributed by atoms with Crippen LogP contribution in [0.25, 0.3) is 0 Å². The Kier molecular flexibility index (Phi) is 13.5. The van der Waals surface area contributed by atoms with E-state index in [0.29, 0.717) is 12.8 Å². The minimum atomic E-state index is -1.77. The van der Waals surface area contributed by atoms with Crippen LogP contribution in [0.4, 0.5) is 9.59 Å². The van der Waals surface area contributed by atoms with Gasteiger partial charge < -0.3 is 42.5 Å². The quantitative estimate of drug-likeness (QED) is 0.0542. The van der Waals surface area contributed by atoms with Gasteiger partial charge in [-0.15, -0.1) is 11.8 Å². The zero-order valence-electron chi connectivity index (χ0n) is 25.7. The standard InChI is InChI=1S/C28H44N6O8S4/c1-2-28(25(39)40,34-19(35)9-5-3-7-17-22-15(12-43-17)30-26(41)32-22)46-21(11-14(29)24(37)38)45-20(36)10-6-4-8-18-23-16(13-44-18)31-27(42)33-23/h14-18,21-23H,2-13,29H2,1H3,(H,34,35)(H,37,38)(H,39,40)(H2,30,32,41)(H2,31,33,42)/t14-,15-,16-,17?,18-,21?,22-,23-,28?/m0/s1. The van der Waals surface area contributed by atoms with Crippen LogP contribution in [0.3, 0.4) is 0 Å². The maximum atomic E-state index is 13.0. The van der Waals surface area contributed by atoms with Crippen LogP contribution in [0, 0.1) is 0 Å². The van der Waals surface area contributed by atoms with E-state index < -0.39 is 33.3 Å². The molecule has 4 saturated heterocycles. The molecule has 18 heteroatoms. The maximum absolute atomic E-state index is 13.0. The van der Waals surface area contributed by atoms with Gasteiger partial charge in [0.05, 0.1) is 28.7 Å². The highest BCUT2D eigenvalue weighted by Crippen LogP contribution is 2.40. The van der Waals surface area contributed by atoms with Crippen molar-refractivity contribution < 1.29 is 39.0 Å². The number of hydrogen-bond donors (Lipinski definition) is 8. The van der Waals surface area contributed by atoms with Crippen molar-refractivity contribution in [3.05, 3.63) is 0 Å². The van der Waals surface area contributed by atoms with Crippen LogP contribution in [-0.4, -0.2) is 107 Å². The number of nitrogens with one attached hydrogen (secondary N) is 5. The molecular formula is C28H44N6O8S4. The zero-order chi connectivity index (χ0) is 33.4. The lowest BCUT2D eigenvalue weighted by Crippen LogP contribution is -2.52. The third-order valence-electron chi connectivity index (χ3n) is 8.68. The topological polar surface area (TPSA) is 229 Å². The van der Waals surface area contributed by atoms with Gasteiger partial charge in [-0.1, -0.05) is 31.5 Å². The molecule has 5 amide bonds. The van der Waals surface area contributed by atoms with Crippen LogP contribution in [0.2, 0.25) is 0 Å². The number of carboxylic acids is 2. The molecule has 3 unspecified atom stereocenters. The van der Waals surface area contributed by atoms with Crippen LogP contribution >= 0.6 is 47.0 Å². The lowest BCUT2D eigenvalue weighted by Gasteiger charge is -2.32. The van der Waals surface area contributed by atoms with Crippen LogP contribution in [-0.2, 0) is 19.2 Å². The summed E-state index contributed by atoms with van der Waals surface area (Å²) >= 11 is 5.32. The van der Waals surface area contributed by atoms with E-state index in [0.717, 1.165) is 60.7 Å². The van der Waals surface area contributed by atoms with E-state index in [1.165, 1.54) is 0 Å². The van der Waals surface area contributed by atoms with E-state index >= 15 is 0 Å². The van der Waals surface area contributed by atoms with Crippen molar-refractivity contribution in [3.63, 3.8) is 0 Å². The molecule has 0 aromatic carbocycles. The molecule has 0 spiro atoms. The van der Waals surface area contributed by atoms with Gasteiger partial charge >= 0.3 is 24.0 Å². The van der Waals surface area contributed by atoms with E-state index in [2.05, 4.69) is 26.6 Å². The van der Waals surface area contributed by atoms with Gasteiger partial charge in [0, 0.05) is 34.8 Å². The number of urea groups is 2. The van der Waals surface area contributed by atoms with E-state index in [-0.39, 0.29) is 77.5 Å². The molecule has 258 valence electrons. The molecule has 4 aliphatic rings. The first-order valence-corrected chi connectivity index (χ1v) is 19.5. The number of thioether (sulfide) groups is 4. The summed E-state index contributed by atoms with van der Waals surface area (Å²) in [6.45, 7) is 1.62. The zero-order valence-corrected chi connectivity index (χ0v) is 28.9. The number of rotatable bonds is 19. The van der Waals surface area contributed by atoms with Gasteiger partial charge in [-0.25, -0.2) is 14.4 Å².